The lowest BCUT2D eigenvalue weighted by atomic mass is 10.3. The Morgan fingerprint density at radius 3 is 2.61 bits per heavy atom. The van der Waals surface area contributed by atoms with Gasteiger partial charge in [-0.1, -0.05) is 11.6 Å². The molecule has 0 aliphatic rings. The Kier molecular flexibility index (Phi) is 3.22. The molecule has 2 N–H and O–H groups in total. The van der Waals surface area contributed by atoms with E-state index in [1.807, 2.05) is 4.72 Å². The van der Waals surface area contributed by atoms with Crippen molar-refractivity contribution < 1.29 is 17.2 Å². The van der Waals surface area contributed by atoms with Gasteiger partial charge in [0.05, 0.1) is 17.5 Å². The van der Waals surface area contributed by atoms with Crippen LogP contribution in [0.1, 0.15) is 0 Å². The maximum Gasteiger partial charge on any atom is 0.279 e. The SMILES string of the molecule is O=S(=O)(Nc1c(F)cc(F)cc1Cl)c1cnc[nH]1. The van der Waals surface area contributed by atoms with Gasteiger partial charge < -0.3 is 4.98 Å². The van der Waals surface area contributed by atoms with Crippen LogP contribution < -0.4 is 4.72 Å². The van der Waals surface area contributed by atoms with Crippen molar-refractivity contribution in [1.82, 2.24) is 9.97 Å². The molecule has 1 aromatic carbocycles. The monoisotopic (exact) mass is 293 g/mol. The summed E-state index contributed by atoms with van der Waals surface area (Å²) < 4.78 is 51.6. The number of aromatic nitrogens is 2. The van der Waals surface area contributed by atoms with E-state index in [9.17, 15) is 17.2 Å². The van der Waals surface area contributed by atoms with Gasteiger partial charge in [0, 0.05) is 6.07 Å². The molecule has 0 unspecified atom stereocenters. The molecule has 18 heavy (non-hydrogen) atoms. The summed E-state index contributed by atoms with van der Waals surface area (Å²) in [6.07, 6.45) is 2.19. The highest BCUT2D eigenvalue weighted by Crippen LogP contribution is 2.28. The smallest absolute Gasteiger partial charge is 0.279 e. The van der Waals surface area contributed by atoms with Crippen LogP contribution in [0.5, 0.6) is 0 Å². The molecule has 0 saturated carbocycles. The minimum Gasteiger partial charge on any atom is -0.334 e. The molecule has 0 fully saturated rings. The van der Waals surface area contributed by atoms with Crippen LogP contribution in [0.3, 0.4) is 0 Å². The van der Waals surface area contributed by atoms with Gasteiger partial charge in [0.25, 0.3) is 10.0 Å². The number of anilines is 1. The van der Waals surface area contributed by atoms with E-state index in [1.165, 1.54) is 0 Å². The molecule has 9 heteroatoms. The number of aromatic amines is 1. The largest absolute Gasteiger partial charge is 0.334 e. The number of hydrogen-bond donors (Lipinski definition) is 2. The van der Waals surface area contributed by atoms with Gasteiger partial charge in [-0.05, 0) is 6.07 Å². The number of rotatable bonds is 3. The van der Waals surface area contributed by atoms with Crippen LogP contribution in [-0.2, 0) is 10.0 Å². The molecule has 0 aliphatic heterocycles. The van der Waals surface area contributed by atoms with Crippen LogP contribution >= 0.6 is 11.6 Å². The number of benzene rings is 1. The Hall–Kier alpha value is -1.67. The first-order chi connectivity index (χ1) is 8.40. The van der Waals surface area contributed by atoms with E-state index in [4.69, 9.17) is 11.6 Å². The van der Waals surface area contributed by atoms with Crippen LogP contribution in [0.15, 0.2) is 29.7 Å². The van der Waals surface area contributed by atoms with Gasteiger partial charge in [0.15, 0.2) is 10.8 Å². The van der Waals surface area contributed by atoms with Gasteiger partial charge in [0.1, 0.15) is 11.5 Å². The number of sulfonamides is 1. The fourth-order valence-corrected chi connectivity index (χ4v) is 2.51. The predicted molar refractivity (Wildman–Crippen MR) is 60.8 cm³/mol. The zero-order chi connectivity index (χ0) is 13.3. The Morgan fingerprint density at radius 2 is 2.06 bits per heavy atom. The third-order valence-electron chi connectivity index (χ3n) is 2.01. The molecule has 1 heterocycles. The van der Waals surface area contributed by atoms with E-state index < -0.39 is 27.3 Å². The van der Waals surface area contributed by atoms with E-state index in [0.29, 0.717) is 6.07 Å². The molecule has 0 spiro atoms. The van der Waals surface area contributed by atoms with Crippen molar-refractivity contribution in [2.24, 2.45) is 0 Å². The minimum atomic E-state index is -4.04. The number of imidazole rings is 1. The zero-order valence-corrected chi connectivity index (χ0v) is 10.2. The number of hydrogen-bond acceptors (Lipinski definition) is 3. The summed E-state index contributed by atoms with van der Waals surface area (Å²) in [5.41, 5.74) is -0.521. The molecule has 5 nitrogen and oxygen atoms in total. The maximum absolute atomic E-state index is 13.4. The van der Waals surface area contributed by atoms with Crippen LogP contribution in [0.25, 0.3) is 0 Å². The first kappa shape index (κ1) is 12.8. The first-order valence-corrected chi connectivity index (χ1v) is 6.42. The van der Waals surface area contributed by atoms with Gasteiger partial charge in [0.2, 0.25) is 0 Å². The summed E-state index contributed by atoms with van der Waals surface area (Å²) in [6.45, 7) is 0. The average molecular weight is 294 g/mol. The molecule has 0 radical (unpaired) electrons. The summed E-state index contributed by atoms with van der Waals surface area (Å²) in [5, 5.41) is -0.641. The fourth-order valence-electron chi connectivity index (χ4n) is 1.22. The number of halogens is 3. The molecule has 0 atom stereocenters. The summed E-state index contributed by atoms with van der Waals surface area (Å²) in [7, 11) is -4.04. The van der Waals surface area contributed by atoms with Crippen molar-refractivity contribution >= 4 is 27.3 Å². The Morgan fingerprint density at radius 1 is 1.33 bits per heavy atom. The second-order valence-electron chi connectivity index (χ2n) is 3.27. The van der Waals surface area contributed by atoms with E-state index in [-0.39, 0.29) is 10.0 Å². The lowest BCUT2D eigenvalue weighted by molar-refractivity contribution is 0.582. The Bertz CT molecular complexity index is 650. The molecular formula is C9H6ClF2N3O2S. The maximum atomic E-state index is 13.4. The van der Waals surface area contributed by atoms with Gasteiger partial charge in [-0.25, -0.2) is 13.8 Å². The molecule has 96 valence electrons. The van der Waals surface area contributed by atoms with Crippen LogP contribution in [-0.4, -0.2) is 18.4 Å². The zero-order valence-electron chi connectivity index (χ0n) is 8.62. The van der Waals surface area contributed by atoms with Gasteiger partial charge >= 0.3 is 0 Å². The predicted octanol–water partition coefficient (Wildman–Crippen LogP) is 2.14. The van der Waals surface area contributed by atoms with E-state index >= 15 is 0 Å². The standard InChI is InChI=1S/C9H6ClF2N3O2S/c10-6-1-5(11)2-7(12)9(6)15-18(16,17)8-3-13-4-14-8/h1-4,15H,(H,13,14). The molecule has 0 saturated heterocycles. The first-order valence-electron chi connectivity index (χ1n) is 4.56. The highest BCUT2D eigenvalue weighted by molar-refractivity contribution is 7.92. The second kappa shape index (κ2) is 4.54. The summed E-state index contributed by atoms with van der Waals surface area (Å²) >= 11 is 5.57. The Balaban J connectivity index is 2.42. The van der Waals surface area contributed by atoms with E-state index in [2.05, 4.69) is 9.97 Å². The van der Waals surface area contributed by atoms with Crippen molar-refractivity contribution in [3.05, 3.63) is 41.3 Å². The van der Waals surface area contributed by atoms with Crippen molar-refractivity contribution in [3.63, 3.8) is 0 Å². The highest BCUT2D eigenvalue weighted by atomic mass is 35.5. The third-order valence-corrected chi connectivity index (χ3v) is 3.58. The molecule has 0 amide bonds. The van der Waals surface area contributed by atoms with Crippen LogP contribution in [0.2, 0.25) is 5.02 Å². The molecule has 2 aromatic rings. The van der Waals surface area contributed by atoms with Crippen molar-refractivity contribution in [2.75, 3.05) is 4.72 Å². The van der Waals surface area contributed by atoms with Crippen LogP contribution in [0, 0.1) is 11.6 Å². The molecular weight excluding hydrogens is 288 g/mol. The average Bonchev–Trinajstić information content (AvgIpc) is 2.77. The molecule has 0 aliphatic carbocycles. The quantitative estimate of drug-likeness (QED) is 0.910. The van der Waals surface area contributed by atoms with Crippen LogP contribution in [0.4, 0.5) is 14.5 Å². The van der Waals surface area contributed by atoms with Crippen molar-refractivity contribution in [1.29, 1.82) is 0 Å². The highest BCUT2D eigenvalue weighted by Gasteiger charge is 2.20. The fraction of sp³-hybridized carbons (Fsp3) is 0. The summed E-state index contributed by atoms with van der Waals surface area (Å²) in [5.74, 6) is -2.01. The Labute approximate surface area is 106 Å². The van der Waals surface area contributed by atoms with Crippen molar-refractivity contribution in [2.45, 2.75) is 5.03 Å². The number of H-pyrrole nitrogens is 1. The lowest BCUT2D eigenvalue weighted by Gasteiger charge is -2.09. The molecule has 1 aromatic heterocycles. The minimum absolute atomic E-state index is 0.262. The molecule has 0 bridgehead atoms. The van der Waals surface area contributed by atoms with Gasteiger partial charge in [-0.2, -0.15) is 8.42 Å². The lowest BCUT2D eigenvalue weighted by Crippen LogP contribution is -2.14. The molecule has 2 rings (SSSR count). The third kappa shape index (κ3) is 2.44. The summed E-state index contributed by atoms with van der Waals surface area (Å²) in [6, 6.07) is 1.33. The van der Waals surface area contributed by atoms with Crippen molar-refractivity contribution in [3.8, 4) is 0 Å². The second-order valence-corrected chi connectivity index (χ2v) is 5.32. The normalized spacial score (nSPS) is 11.5. The number of nitrogens with zero attached hydrogens (tertiary/aromatic N) is 1. The van der Waals surface area contributed by atoms with Gasteiger partial charge in [-0.3, -0.25) is 4.72 Å². The van der Waals surface area contributed by atoms with Gasteiger partial charge in [-0.15, -0.1) is 0 Å². The topological polar surface area (TPSA) is 74.8 Å². The summed E-state index contributed by atoms with van der Waals surface area (Å²) in [4.78, 5) is 5.87. The van der Waals surface area contributed by atoms with E-state index in [1.54, 1.807) is 0 Å². The number of nitrogens with one attached hydrogen (secondary N) is 2. The van der Waals surface area contributed by atoms with E-state index in [0.717, 1.165) is 18.6 Å².